The van der Waals surface area contributed by atoms with Gasteiger partial charge in [0.25, 0.3) is 0 Å². The summed E-state index contributed by atoms with van der Waals surface area (Å²) in [6.07, 6.45) is -4.71. The van der Waals surface area contributed by atoms with Crippen LogP contribution < -0.4 is 15.7 Å². The average molecular weight is 441 g/mol. The van der Waals surface area contributed by atoms with E-state index in [1.807, 2.05) is 0 Å². The van der Waals surface area contributed by atoms with Crippen LogP contribution in [0.3, 0.4) is 0 Å². The smallest absolute Gasteiger partial charge is 0.368 e. The van der Waals surface area contributed by atoms with Gasteiger partial charge < -0.3 is 5.32 Å². The highest BCUT2D eigenvalue weighted by molar-refractivity contribution is 7.89. The number of pyridine rings is 1. The summed E-state index contributed by atoms with van der Waals surface area (Å²) >= 11 is 0. The topological polar surface area (TPSA) is 106 Å². The van der Waals surface area contributed by atoms with Crippen LogP contribution >= 0.6 is 0 Å². The number of aromatic nitrogens is 3. The van der Waals surface area contributed by atoms with Gasteiger partial charge >= 0.3 is 11.9 Å². The summed E-state index contributed by atoms with van der Waals surface area (Å²) in [5.41, 5.74) is -1.26. The third-order valence-electron chi connectivity index (χ3n) is 4.36. The Hall–Kier alpha value is -2.99. The second kappa shape index (κ2) is 8.03. The van der Waals surface area contributed by atoms with E-state index in [4.69, 9.17) is 0 Å². The van der Waals surface area contributed by atoms with Crippen LogP contribution in [0.15, 0.2) is 41.2 Å². The third-order valence-corrected chi connectivity index (χ3v) is 5.73. The highest BCUT2D eigenvalue weighted by atomic mass is 32.2. The van der Waals surface area contributed by atoms with E-state index < -0.39 is 27.6 Å². The molecule has 1 aromatic carbocycles. The molecular weight excluding hydrogens is 423 g/mol. The van der Waals surface area contributed by atoms with E-state index in [1.165, 1.54) is 7.05 Å². The van der Waals surface area contributed by atoms with Crippen molar-refractivity contribution in [1.29, 1.82) is 0 Å². The van der Waals surface area contributed by atoms with E-state index in [1.54, 1.807) is 31.2 Å². The lowest BCUT2D eigenvalue weighted by Crippen LogP contribution is -2.28. The number of halogens is 3. The van der Waals surface area contributed by atoms with E-state index in [9.17, 15) is 26.4 Å². The lowest BCUT2D eigenvalue weighted by atomic mass is 10.2. The van der Waals surface area contributed by atoms with E-state index in [2.05, 4.69) is 20.0 Å². The van der Waals surface area contributed by atoms with E-state index >= 15 is 0 Å². The molecule has 0 amide bonds. The lowest BCUT2D eigenvalue weighted by Gasteiger charge is -2.16. The number of aryl methyl sites for hydroxylation is 1. The molecule has 0 aliphatic heterocycles. The normalized spacial score (nSPS) is 12.3. The monoisotopic (exact) mass is 441 g/mol. The quantitative estimate of drug-likeness (QED) is 0.607. The molecule has 0 unspecified atom stereocenters. The summed E-state index contributed by atoms with van der Waals surface area (Å²) in [6, 6.07) is 8.59. The van der Waals surface area contributed by atoms with Crippen LogP contribution in [0, 0.1) is 6.92 Å². The zero-order valence-corrected chi connectivity index (χ0v) is 16.8. The maximum absolute atomic E-state index is 13.2. The minimum Gasteiger partial charge on any atom is -0.368 e. The number of anilines is 1. The highest BCUT2D eigenvalue weighted by Crippen LogP contribution is 2.30. The molecular formula is C18H18F3N5O3S. The molecule has 0 spiro atoms. The number of alkyl halides is 3. The van der Waals surface area contributed by atoms with Crippen molar-refractivity contribution in [2.24, 2.45) is 0 Å². The van der Waals surface area contributed by atoms with Gasteiger partial charge in [-0.05, 0) is 37.7 Å². The number of rotatable bonds is 6. The second-order valence-corrected chi connectivity index (χ2v) is 8.43. The standard InChI is InChI=1S/C18H18F3N5O3S/c1-11-5-3-4-6-13(11)26-16-12(7-8-14(24-16)18(19,20)21)15(25-17(26)27)23-9-10-30(28,29)22-2/h3-8,22H,9-10H2,1-2H3,(H,23,25,27). The van der Waals surface area contributed by atoms with Crippen molar-refractivity contribution in [2.45, 2.75) is 13.1 Å². The molecule has 0 saturated heterocycles. The Morgan fingerprint density at radius 3 is 2.43 bits per heavy atom. The maximum Gasteiger partial charge on any atom is 0.433 e. The van der Waals surface area contributed by atoms with Crippen molar-refractivity contribution in [2.75, 3.05) is 24.7 Å². The van der Waals surface area contributed by atoms with Crippen molar-refractivity contribution < 1.29 is 21.6 Å². The van der Waals surface area contributed by atoms with E-state index in [-0.39, 0.29) is 29.1 Å². The largest absolute Gasteiger partial charge is 0.433 e. The van der Waals surface area contributed by atoms with Gasteiger partial charge in [-0.15, -0.1) is 0 Å². The van der Waals surface area contributed by atoms with Gasteiger partial charge in [0, 0.05) is 6.54 Å². The molecule has 0 saturated carbocycles. The van der Waals surface area contributed by atoms with Crippen molar-refractivity contribution in [1.82, 2.24) is 19.3 Å². The molecule has 3 rings (SSSR count). The molecule has 0 atom stereocenters. The lowest BCUT2D eigenvalue weighted by molar-refractivity contribution is -0.141. The fourth-order valence-electron chi connectivity index (χ4n) is 2.83. The van der Waals surface area contributed by atoms with Crippen LogP contribution in [0.2, 0.25) is 0 Å². The molecule has 0 aliphatic carbocycles. The van der Waals surface area contributed by atoms with Crippen LogP contribution in [0.4, 0.5) is 19.0 Å². The molecule has 8 nitrogen and oxygen atoms in total. The summed E-state index contributed by atoms with van der Waals surface area (Å²) in [7, 11) is -2.27. The molecule has 0 aliphatic rings. The number of fused-ring (bicyclic) bond motifs is 1. The molecule has 3 aromatic rings. The third kappa shape index (κ3) is 4.44. The van der Waals surface area contributed by atoms with Crippen LogP contribution in [0.5, 0.6) is 0 Å². The van der Waals surface area contributed by atoms with E-state index in [0.29, 0.717) is 11.3 Å². The summed E-state index contributed by atoms with van der Waals surface area (Å²) in [6.45, 7) is 1.59. The van der Waals surface area contributed by atoms with Crippen LogP contribution in [-0.4, -0.2) is 42.3 Å². The Balaban J connectivity index is 2.21. The summed E-state index contributed by atoms with van der Waals surface area (Å²) in [5.74, 6) is -0.367. The van der Waals surface area contributed by atoms with Gasteiger partial charge in [-0.1, -0.05) is 18.2 Å². The Kier molecular flexibility index (Phi) is 5.81. The average Bonchev–Trinajstić information content (AvgIpc) is 2.68. The number of benzene rings is 1. The first-order chi connectivity index (χ1) is 14.0. The Morgan fingerprint density at radius 1 is 1.10 bits per heavy atom. The van der Waals surface area contributed by atoms with Gasteiger partial charge in [0.15, 0.2) is 5.65 Å². The molecule has 2 N–H and O–H groups in total. The van der Waals surface area contributed by atoms with E-state index in [0.717, 1.165) is 16.7 Å². The first-order valence-corrected chi connectivity index (χ1v) is 10.4. The predicted octanol–water partition coefficient (Wildman–Crippen LogP) is 2.07. The van der Waals surface area contributed by atoms with Gasteiger partial charge in [0.05, 0.1) is 16.8 Å². The number of nitrogens with zero attached hydrogens (tertiary/aromatic N) is 3. The highest BCUT2D eigenvalue weighted by Gasteiger charge is 2.33. The fourth-order valence-corrected chi connectivity index (χ4v) is 3.40. The Morgan fingerprint density at radius 2 is 1.80 bits per heavy atom. The zero-order chi connectivity index (χ0) is 22.1. The maximum atomic E-state index is 13.2. The van der Waals surface area contributed by atoms with Gasteiger partial charge in [0.1, 0.15) is 11.5 Å². The molecule has 12 heteroatoms. The molecule has 0 radical (unpaired) electrons. The van der Waals surface area contributed by atoms with Crippen molar-refractivity contribution in [3.63, 3.8) is 0 Å². The molecule has 160 valence electrons. The van der Waals surface area contributed by atoms with Crippen molar-refractivity contribution in [3.8, 4) is 5.69 Å². The summed E-state index contributed by atoms with van der Waals surface area (Å²) in [5, 5.41) is 2.85. The van der Waals surface area contributed by atoms with Gasteiger partial charge in [-0.3, -0.25) is 0 Å². The number of nitrogens with one attached hydrogen (secondary N) is 2. The molecule has 0 fully saturated rings. The number of hydrogen-bond acceptors (Lipinski definition) is 6. The minimum absolute atomic E-state index is 0.0487. The molecule has 30 heavy (non-hydrogen) atoms. The van der Waals surface area contributed by atoms with Gasteiger partial charge in [-0.2, -0.15) is 18.2 Å². The minimum atomic E-state index is -4.71. The molecule has 2 aromatic heterocycles. The molecule has 0 bridgehead atoms. The second-order valence-electron chi connectivity index (χ2n) is 6.38. The predicted molar refractivity (Wildman–Crippen MR) is 106 cm³/mol. The first-order valence-electron chi connectivity index (χ1n) is 8.75. The SMILES string of the molecule is CNS(=O)(=O)CCNc1nc(=O)n(-c2ccccc2C)c2nc(C(F)(F)F)ccc12. The summed E-state index contributed by atoms with van der Waals surface area (Å²) < 4.78 is 66.1. The Labute approximate surface area is 169 Å². The van der Waals surface area contributed by atoms with Crippen molar-refractivity contribution in [3.05, 3.63) is 58.1 Å². The van der Waals surface area contributed by atoms with Gasteiger partial charge in [0.2, 0.25) is 10.0 Å². The van der Waals surface area contributed by atoms with Crippen molar-refractivity contribution >= 4 is 26.9 Å². The number of hydrogen-bond donors (Lipinski definition) is 2. The van der Waals surface area contributed by atoms with Crippen LogP contribution in [0.1, 0.15) is 11.3 Å². The summed E-state index contributed by atoms with van der Waals surface area (Å²) in [4.78, 5) is 20.3. The number of sulfonamides is 1. The van der Waals surface area contributed by atoms with Crippen LogP contribution in [-0.2, 0) is 16.2 Å². The zero-order valence-electron chi connectivity index (χ0n) is 16.0. The Bertz CT molecular complexity index is 1260. The number of para-hydroxylation sites is 1. The molecule has 2 heterocycles. The van der Waals surface area contributed by atoms with Gasteiger partial charge in [-0.25, -0.2) is 27.5 Å². The fraction of sp³-hybridized carbons (Fsp3) is 0.278. The van der Waals surface area contributed by atoms with Crippen LogP contribution in [0.25, 0.3) is 16.7 Å². The first kappa shape index (κ1) is 21.7.